The van der Waals surface area contributed by atoms with Crippen LogP contribution in [0.1, 0.15) is 12.5 Å². The number of rotatable bonds is 8. The number of alkyl halides is 3. The van der Waals surface area contributed by atoms with E-state index in [1.165, 1.54) is 6.07 Å². The van der Waals surface area contributed by atoms with Gasteiger partial charge >= 0.3 is 6.18 Å². The number of nitrogens with one attached hydrogen (secondary N) is 1. The largest absolute Gasteiger partial charge is 0.490 e. The van der Waals surface area contributed by atoms with Gasteiger partial charge in [0.25, 0.3) is 0 Å². The average molecular weight is 362 g/mol. The molecule has 1 heterocycles. The van der Waals surface area contributed by atoms with Gasteiger partial charge in [0.05, 0.1) is 19.3 Å². The average Bonchev–Trinajstić information content (AvgIpc) is 2.54. The van der Waals surface area contributed by atoms with E-state index in [-0.39, 0.29) is 11.9 Å². The molecular weight excluding hydrogens is 337 g/mol. The van der Waals surface area contributed by atoms with E-state index in [1.54, 1.807) is 19.1 Å². The normalized spacial score (nSPS) is 19.0. The number of ether oxygens (including phenoxy) is 3. The first kappa shape index (κ1) is 19.8. The molecule has 0 aromatic heterocycles. The molecule has 1 saturated heterocycles. The molecule has 8 heteroatoms. The Morgan fingerprint density at radius 3 is 2.76 bits per heavy atom. The molecule has 1 aliphatic rings. The van der Waals surface area contributed by atoms with E-state index in [9.17, 15) is 13.2 Å². The second kappa shape index (κ2) is 9.26. The molecule has 0 amide bonds. The quantitative estimate of drug-likeness (QED) is 0.770. The molecule has 1 aromatic carbocycles. The zero-order valence-electron chi connectivity index (χ0n) is 14.6. The Balaban J connectivity index is 1.88. The first-order valence-corrected chi connectivity index (χ1v) is 8.33. The van der Waals surface area contributed by atoms with Crippen LogP contribution in [0, 0.1) is 0 Å². The summed E-state index contributed by atoms with van der Waals surface area (Å²) in [5.41, 5.74) is 0.909. The molecule has 1 aliphatic heterocycles. The fourth-order valence-corrected chi connectivity index (χ4v) is 2.58. The molecule has 2 rings (SSSR count). The Hall–Kier alpha value is -1.51. The molecule has 1 N–H and O–H groups in total. The fourth-order valence-electron chi connectivity index (χ4n) is 2.58. The van der Waals surface area contributed by atoms with Crippen LogP contribution in [-0.2, 0) is 11.3 Å². The molecule has 1 atom stereocenters. The minimum Gasteiger partial charge on any atom is -0.490 e. The lowest BCUT2D eigenvalue weighted by Crippen LogP contribution is -2.44. The molecule has 0 bridgehead atoms. The zero-order chi connectivity index (χ0) is 18.3. The third-order valence-corrected chi connectivity index (χ3v) is 3.74. The van der Waals surface area contributed by atoms with Gasteiger partial charge in [0.1, 0.15) is 0 Å². The predicted molar refractivity (Wildman–Crippen MR) is 88.1 cm³/mol. The molecule has 142 valence electrons. The molecule has 25 heavy (non-hydrogen) atoms. The molecule has 0 radical (unpaired) electrons. The number of likely N-dealkylation sites (N-methyl/N-ethyl adjacent to an activating group) is 1. The number of nitrogens with zero attached hydrogens (tertiary/aromatic N) is 1. The van der Waals surface area contributed by atoms with Crippen LogP contribution in [0.3, 0.4) is 0 Å². The van der Waals surface area contributed by atoms with E-state index in [1.807, 2.05) is 0 Å². The van der Waals surface area contributed by atoms with Gasteiger partial charge < -0.3 is 24.4 Å². The summed E-state index contributed by atoms with van der Waals surface area (Å²) < 4.78 is 52.9. The van der Waals surface area contributed by atoms with Crippen LogP contribution < -0.4 is 14.8 Å². The van der Waals surface area contributed by atoms with E-state index in [4.69, 9.17) is 14.2 Å². The van der Waals surface area contributed by atoms with Gasteiger partial charge in [-0.25, -0.2) is 0 Å². The van der Waals surface area contributed by atoms with Gasteiger partial charge in [0.2, 0.25) is 0 Å². The minimum absolute atomic E-state index is 0.0974. The summed E-state index contributed by atoms with van der Waals surface area (Å²) in [6.45, 7) is 4.61. The Morgan fingerprint density at radius 1 is 1.28 bits per heavy atom. The third kappa shape index (κ3) is 7.09. The molecular formula is C17H25F3N2O3. The van der Waals surface area contributed by atoms with Gasteiger partial charge in [-0.1, -0.05) is 6.07 Å². The molecule has 1 aromatic rings. The SMILES string of the molecule is CCOc1cc(CNC[C@@H]2CN(C)CCO2)ccc1OCC(F)(F)F. The van der Waals surface area contributed by atoms with Crippen molar-refractivity contribution in [3.8, 4) is 11.5 Å². The van der Waals surface area contributed by atoms with Gasteiger partial charge in [0, 0.05) is 26.2 Å². The van der Waals surface area contributed by atoms with Crippen LogP contribution in [0.15, 0.2) is 18.2 Å². The first-order valence-electron chi connectivity index (χ1n) is 8.33. The van der Waals surface area contributed by atoms with Crippen molar-refractivity contribution in [2.24, 2.45) is 0 Å². The van der Waals surface area contributed by atoms with Crippen molar-refractivity contribution in [2.45, 2.75) is 25.7 Å². The van der Waals surface area contributed by atoms with Gasteiger partial charge in [-0.2, -0.15) is 13.2 Å². The lowest BCUT2D eigenvalue weighted by atomic mass is 10.2. The second-order valence-electron chi connectivity index (χ2n) is 6.00. The highest BCUT2D eigenvalue weighted by Gasteiger charge is 2.29. The van der Waals surface area contributed by atoms with E-state index < -0.39 is 12.8 Å². The summed E-state index contributed by atoms with van der Waals surface area (Å²) >= 11 is 0. The van der Waals surface area contributed by atoms with Crippen LogP contribution >= 0.6 is 0 Å². The van der Waals surface area contributed by atoms with E-state index in [0.29, 0.717) is 25.4 Å². The topological polar surface area (TPSA) is 43.0 Å². The Bertz CT molecular complexity index is 540. The summed E-state index contributed by atoms with van der Waals surface area (Å²) in [5.74, 6) is 0.417. The lowest BCUT2D eigenvalue weighted by Gasteiger charge is -2.30. The van der Waals surface area contributed by atoms with Gasteiger partial charge in [0.15, 0.2) is 18.1 Å². The first-order chi connectivity index (χ1) is 11.9. The number of halogens is 3. The highest BCUT2D eigenvalue weighted by molar-refractivity contribution is 5.43. The maximum Gasteiger partial charge on any atom is 0.422 e. The summed E-state index contributed by atoms with van der Waals surface area (Å²) in [6.07, 6.45) is -4.24. The van der Waals surface area contributed by atoms with Crippen molar-refractivity contribution >= 4 is 0 Å². The number of hydrogen-bond acceptors (Lipinski definition) is 5. The van der Waals surface area contributed by atoms with E-state index in [0.717, 1.165) is 25.3 Å². The monoisotopic (exact) mass is 362 g/mol. The smallest absolute Gasteiger partial charge is 0.422 e. The third-order valence-electron chi connectivity index (χ3n) is 3.74. The van der Waals surface area contributed by atoms with Crippen molar-refractivity contribution in [1.82, 2.24) is 10.2 Å². The Labute approximate surface area is 146 Å². The van der Waals surface area contributed by atoms with Gasteiger partial charge in [-0.05, 0) is 31.7 Å². The molecule has 0 unspecified atom stereocenters. The van der Waals surface area contributed by atoms with Crippen molar-refractivity contribution < 1.29 is 27.4 Å². The molecule has 1 fully saturated rings. The predicted octanol–water partition coefficient (Wildman–Crippen LogP) is 2.45. The van der Waals surface area contributed by atoms with Crippen molar-refractivity contribution in [2.75, 3.05) is 46.5 Å². The standard InChI is InChI=1S/C17H25F3N2O3/c1-3-23-16-8-13(4-5-15(16)25-12-17(18,19)20)9-21-10-14-11-22(2)6-7-24-14/h4-5,8,14,21H,3,6-7,9-12H2,1-2H3/t14-/m1/s1. The summed E-state index contributed by atoms with van der Waals surface area (Å²) in [4.78, 5) is 2.22. The minimum atomic E-state index is -4.38. The lowest BCUT2D eigenvalue weighted by molar-refractivity contribution is -0.153. The van der Waals surface area contributed by atoms with E-state index in [2.05, 4.69) is 17.3 Å². The number of benzene rings is 1. The van der Waals surface area contributed by atoms with Crippen molar-refractivity contribution in [3.63, 3.8) is 0 Å². The Kier molecular flexibility index (Phi) is 7.34. The summed E-state index contributed by atoms with van der Waals surface area (Å²) in [7, 11) is 2.06. The van der Waals surface area contributed by atoms with E-state index >= 15 is 0 Å². The second-order valence-corrected chi connectivity index (χ2v) is 6.00. The number of hydrogen-bond donors (Lipinski definition) is 1. The molecule has 0 spiro atoms. The van der Waals surface area contributed by atoms with Gasteiger partial charge in [-0.15, -0.1) is 0 Å². The van der Waals surface area contributed by atoms with Crippen LogP contribution in [0.2, 0.25) is 0 Å². The summed E-state index contributed by atoms with van der Waals surface area (Å²) in [6, 6.07) is 4.95. The zero-order valence-corrected chi connectivity index (χ0v) is 14.6. The summed E-state index contributed by atoms with van der Waals surface area (Å²) in [5, 5.41) is 3.31. The fraction of sp³-hybridized carbons (Fsp3) is 0.647. The highest BCUT2D eigenvalue weighted by atomic mass is 19.4. The maximum atomic E-state index is 12.3. The Morgan fingerprint density at radius 2 is 2.08 bits per heavy atom. The molecule has 5 nitrogen and oxygen atoms in total. The van der Waals surface area contributed by atoms with Crippen LogP contribution in [0.25, 0.3) is 0 Å². The highest BCUT2D eigenvalue weighted by Crippen LogP contribution is 2.30. The van der Waals surface area contributed by atoms with Crippen LogP contribution in [0.5, 0.6) is 11.5 Å². The molecule has 0 aliphatic carbocycles. The van der Waals surface area contributed by atoms with Crippen LogP contribution in [-0.4, -0.2) is 63.7 Å². The van der Waals surface area contributed by atoms with Gasteiger partial charge in [-0.3, -0.25) is 0 Å². The van der Waals surface area contributed by atoms with Crippen LogP contribution in [0.4, 0.5) is 13.2 Å². The van der Waals surface area contributed by atoms with Crippen molar-refractivity contribution in [1.29, 1.82) is 0 Å². The molecule has 0 saturated carbocycles. The number of morpholine rings is 1. The maximum absolute atomic E-state index is 12.3. The van der Waals surface area contributed by atoms with Crippen molar-refractivity contribution in [3.05, 3.63) is 23.8 Å².